The van der Waals surface area contributed by atoms with Gasteiger partial charge in [0.2, 0.25) is 0 Å². The van der Waals surface area contributed by atoms with E-state index in [0.717, 1.165) is 36.1 Å². The number of hydrogen-bond acceptors (Lipinski definition) is 5. The van der Waals surface area contributed by atoms with Gasteiger partial charge in [0.15, 0.2) is 5.16 Å². The Bertz CT molecular complexity index is 444. The topological polar surface area (TPSA) is 47.3 Å². The van der Waals surface area contributed by atoms with Crippen LogP contribution < -0.4 is 0 Å². The van der Waals surface area contributed by atoms with Crippen molar-refractivity contribution in [3.05, 3.63) is 11.9 Å². The number of aliphatic hydroxyl groups excluding tert-OH is 1. The molecule has 2 atom stereocenters. The molecule has 0 aliphatic carbocycles. The first-order valence-electron chi connectivity index (χ1n) is 6.72. The van der Waals surface area contributed by atoms with Crippen molar-refractivity contribution >= 4 is 23.5 Å². The molecule has 0 amide bonds. The highest BCUT2D eigenvalue weighted by Crippen LogP contribution is 2.42. The first-order chi connectivity index (χ1) is 9.22. The van der Waals surface area contributed by atoms with Crippen LogP contribution in [0.1, 0.15) is 25.0 Å². The summed E-state index contributed by atoms with van der Waals surface area (Å²) in [6.45, 7) is 0.925. The highest BCUT2D eigenvalue weighted by Gasteiger charge is 2.40. The third-order valence-electron chi connectivity index (χ3n) is 3.99. The molecular weight excluding hydrogens is 280 g/mol. The van der Waals surface area contributed by atoms with Crippen LogP contribution in [0.25, 0.3) is 0 Å². The SMILES string of the molecule is Cn1c(CO)cnc1SC1CCOC2(CCSC2)C1. The van der Waals surface area contributed by atoms with Crippen molar-refractivity contribution < 1.29 is 9.84 Å². The van der Waals surface area contributed by atoms with Crippen molar-refractivity contribution in [1.82, 2.24) is 9.55 Å². The Balaban J connectivity index is 1.67. The van der Waals surface area contributed by atoms with Gasteiger partial charge in [-0.2, -0.15) is 11.8 Å². The lowest BCUT2D eigenvalue weighted by Gasteiger charge is -2.37. The van der Waals surface area contributed by atoms with E-state index in [4.69, 9.17) is 4.74 Å². The zero-order valence-electron chi connectivity index (χ0n) is 11.2. The van der Waals surface area contributed by atoms with Gasteiger partial charge >= 0.3 is 0 Å². The lowest BCUT2D eigenvalue weighted by molar-refractivity contribution is -0.0562. The summed E-state index contributed by atoms with van der Waals surface area (Å²) in [5, 5.41) is 10.8. The van der Waals surface area contributed by atoms with E-state index in [1.807, 2.05) is 35.1 Å². The first-order valence-corrected chi connectivity index (χ1v) is 8.76. The van der Waals surface area contributed by atoms with Crippen LogP contribution in [-0.2, 0) is 18.4 Å². The van der Waals surface area contributed by atoms with Gasteiger partial charge in [-0.15, -0.1) is 0 Å². The molecule has 4 nitrogen and oxygen atoms in total. The molecule has 2 unspecified atom stereocenters. The Hall–Kier alpha value is -0.170. The number of aromatic nitrogens is 2. The molecule has 19 heavy (non-hydrogen) atoms. The Morgan fingerprint density at radius 2 is 2.58 bits per heavy atom. The molecule has 0 aromatic carbocycles. The highest BCUT2D eigenvalue weighted by molar-refractivity contribution is 8.00. The Kier molecular flexibility index (Phi) is 4.12. The summed E-state index contributed by atoms with van der Waals surface area (Å²) >= 11 is 3.85. The standard InChI is InChI=1S/C13H20N2O2S2/c1-15-10(8-16)7-14-12(15)19-11-2-4-17-13(6-11)3-5-18-9-13/h7,11,16H,2-6,8-9H2,1H3. The monoisotopic (exact) mass is 300 g/mol. The molecule has 1 spiro atoms. The average molecular weight is 300 g/mol. The van der Waals surface area contributed by atoms with Crippen molar-refractivity contribution in [2.75, 3.05) is 18.1 Å². The molecule has 2 aliphatic heterocycles. The van der Waals surface area contributed by atoms with Crippen molar-refractivity contribution in [3.63, 3.8) is 0 Å². The molecule has 1 aromatic heterocycles. The van der Waals surface area contributed by atoms with Crippen LogP contribution in [0.2, 0.25) is 0 Å². The van der Waals surface area contributed by atoms with E-state index in [1.165, 1.54) is 12.2 Å². The van der Waals surface area contributed by atoms with E-state index in [1.54, 1.807) is 6.20 Å². The maximum atomic E-state index is 9.21. The summed E-state index contributed by atoms with van der Waals surface area (Å²) in [5.74, 6) is 2.38. The van der Waals surface area contributed by atoms with E-state index < -0.39 is 0 Å². The van der Waals surface area contributed by atoms with Gasteiger partial charge in [-0.05, 0) is 25.0 Å². The molecule has 3 heterocycles. The van der Waals surface area contributed by atoms with E-state index in [2.05, 4.69) is 4.98 Å². The summed E-state index contributed by atoms with van der Waals surface area (Å²) < 4.78 is 8.05. The predicted molar refractivity (Wildman–Crippen MR) is 78.6 cm³/mol. The Labute approximate surface area is 122 Å². The number of aliphatic hydroxyl groups is 1. The molecule has 106 valence electrons. The quantitative estimate of drug-likeness (QED) is 0.926. The van der Waals surface area contributed by atoms with Crippen LogP contribution in [0.5, 0.6) is 0 Å². The van der Waals surface area contributed by atoms with Crippen LogP contribution in [-0.4, -0.2) is 43.6 Å². The van der Waals surface area contributed by atoms with Crippen molar-refractivity contribution in [2.24, 2.45) is 7.05 Å². The van der Waals surface area contributed by atoms with Crippen LogP contribution >= 0.6 is 23.5 Å². The second-order valence-electron chi connectivity index (χ2n) is 5.32. The van der Waals surface area contributed by atoms with Crippen LogP contribution in [0, 0.1) is 0 Å². The van der Waals surface area contributed by atoms with Gasteiger partial charge in [-0.1, -0.05) is 11.8 Å². The Morgan fingerprint density at radius 1 is 1.68 bits per heavy atom. The van der Waals surface area contributed by atoms with Gasteiger partial charge in [0.25, 0.3) is 0 Å². The molecule has 1 aromatic rings. The minimum Gasteiger partial charge on any atom is -0.390 e. The van der Waals surface area contributed by atoms with Gasteiger partial charge in [-0.25, -0.2) is 4.98 Å². The fourth-order valence-corrected chi connectivity index (χ4v) is 5.44. The maximum Gasteiger partial charge on any atom is 0.168 e. The number of rotatable bonds is 3. The predicted octanol–water partition coefficient (Wildman–Crippen LogP) is 2.06. The van der Waals surface area contributed by atoms with Gasteiger partial charge in [0, 0.05) is 24.7 Å². The summed E-state index contributed by atoms with van der Waals surface area (Å²) in [5.41, 5.74) is 1.01. The molecule has 0 bridgehead atoms. The zero-order chi connectivity index (χ0) is 13.3. The number of ether oxygens (including phenoxy) is 1. The number of nitrogens with zero attached hydrogens (tertiary/aromatic N) is 2. The molecular formula is C13H20N2O2S2. The van der Waals surface area contributed by atoms with E-state index in [-0.39, 0.29) is 12.2 Å². The number of imidazole rings is 1. The van der Waals surface area contributed by atoms with Crippen molar-refractivity contribution in [3.8, 4) is 0 Å². The molecule has 2 aliphatic rings. The zero-order valence-corrected chi connectivity index (χ0v) is 12.8. The third-order valence-corrected chi connectivity index (χ3v) is 6.54. The van der Waals surface area contributed by atoms with Gasteiger partial charge in [0.1, 0.15) is 0 Å². The second-order valence-corrected chi connectivity index (χ2v) is 7.69. The first kappa shape index (κ1) is 13.8. The summed E-state index contributed by atoms with van der Waals surface area (Å²) in [6.07, 6.45) is 5.18. The normalized spacial score (nSPS) is 31.2. The van der Waals surface area contributed by atoms with Crippen LogP contribution in [0.4, 0.5) is 0 Å². The van der Waals surface area contributed by atoms with Gasteiger partial charge in [-0.3, -0.25) is 0 Å². The summed E-state index contributed by atoms with van der Waals surface area (Å²) in [7, 11) is 1.97. The van der Waals surface area contributed by atoms with Gasteiger partial charge in [0.05, 0.1) is 24.1 Å². The number of thioether (sulfide) groups is 2. The smallest absolute Gasteiger partial charge is 0.168 e. The molecule has 6 heteroatoms. The van der Waals surface area contributed by atoms with Crippen LogP contribution in [0.3, 0.4) is 0 Å². The fourth-order valence-electron chi connectivity index (χ4n) is 2.78. The van der Waals surface area contributed by atoms with Crippen molar-refractivity contribution in [1.29, 1.82) is 0 Å². The van der Waals surface area contributed by atoms with Gasteiger partial charge < -0.3 is 14.4 Å². The lowest BCUT2D eigenvalue weighted by Crippen LogP contribution is -2.41. The molecule has 2 fully saturated rings. The van der Waals surface area contributed by atoms with E-state index >= 15 is 0 Å². The second kappa shape index (κ2) is 5.68. The maximum absolute atomic E-state index is 9.21. The molecule has 1 N–H and O–H groups in total. The third kappa shape index (κ3) is 2.82. The molecule has 0 radical (unpaired) electrons. The summed E-state index contributed by atoms with van der Waals surface area (Å²) in [4.78, 5) is 4.42. The Morgan fingerprint density at radius 3 is 3.26 bits per heavy atom. The van der Waals surface area contributed by atoms with E-state index in [0.29, 0.717) is 5.25 Å². The largest absolute Gasteiger partial charge is 0.390 e. The van der Waals surface area contributed by atoms with Crippen molar-refractivity contribution in [2.45, 2.75) is 41.9 Å². The van der Waals surface area contributed by atoms with Crippen LogP contribution in [0.15, 0.2) is 11.4 Å². The minimum absolute atomic E-state index is 0.0540. The van der Waals surface area contributed by atoms with E-state index in [9.17, 15) is 5.11 Å². The highest BCUT2D eigenvalue weighted by atomic mass is 32.2. The number of hydrogen-bond donors (Lipinski definition) is 1. The lowest BCUT2D eigenvalue weighted by atomic mass is 9.93. The molecule has 0 saturated carbocycles. The average Bonchev–Trinajstić information content (AvgIpc) is 2.99. The minimum atomic E-state index is 0.0540. The summed E-state index contributed by atoms with van der Waals surface area (Å²) in [6, 6.07) is 0. The molecule has 2 saturated heterocycles. The molecule has 3 rings (SSSR count). The fraction of sp³-hybridized carbons (Fsp3) is 0.769.